The van der Waals surface area contributed by atoms with E-state index in [0.29, 0.717) is 12.3 Å². The normalized spacial score (nSPS) is 14.1. The fourth-order valence-corrected chi connectivity index (χ4v) is 1.65. The molecule has 0 bridgehead atoms. The number of carboxylic acid groups (broad SMARTS) is 1. The van der Waals surface area contributed by atoms with Crippen molar-refractivity contribution in [3.8, 4) is 0 Å². The minimum atomic E-state index is -1.69. The van der Waals surface area contributed by atoms with Gasteiger partial charge in [-0.25, -0.2) is 18.0 Å². The zero-order chi connectivity index (χ0) is 17.0. The zero-order valence-corrected chi connectivity index (χ0v) is 12.7. The van der Waals surface area contributed by atoms with Crippen LogP contribution in [0.5, 0.6) is 0 Å². The quantitative estimate of drug-likeness (QED) is 0.240. The summed E-state index contributed by atoms with van der Waals surface area (Å²) in [5.74, 6) is -7.32. The molecule has 0 aliphatic rings. The molecule has 0 radical (unpaired) electrons. The van der Waals surface area contributed by atoms with Crippen molar-refractivity contribution in [2.24, 2.45) is 4.99 Å². The molecule has 22 heavy (non-hydrogen) atoms. The molecule has 0 aliphatic heterocycles. The monoisotopic (exact) mass is 381 g/mol. The summed E-state index contributed by atoms with van der Waals surface area (Å²) in [6, 6.07) is -0.227. The predicted molar refractivity (Wildman–Crippen MR) is 76.2 cm³/mol. The summed E-state index contributed by atoms with van der Waals surface area (Å²) in [4.78, 5) is 14.7. The predicted octanol–water partition coefficient (Wildman–Crippen LogP) is 2.67. The lowest BCUT2D eigenvalue weighted by atomic mass is 10.1. The van der Waals surface area contributed by atoms with E-state index in [1.165, 1.54) is 6.92 Å². The van der Waals surface area contributed by atoms with Crippen molar-refractivity contribution in [3.63, 3.8) is 0 Å². The van der Waals surface area contributed by atoms with Crippen molar-refractivity contribution in [3.05, 3.63) is 39.1 Å². The molecule has 3 N–H and O–H groups in total. The summed E-state index contributed by atoms with van der Waals surface area (Å²) >= 11 is 2.48. The van der Waals surface area contributed by atoms with Crippen LogP contribution in [0.15, 0.2) is 21.1 Å². The largest absolute Gasteiger partial charge is 0.506 e. The summed E-state index contributed by atoms with van der Waals surface area (Å²) in [5.41, 5.74) is -1.83. The van der Waals surface area contributed by atoms with Gasteiger partial charge in [0.25, 0.3) is 0 Å². The summed E-state index contributed by atoms with van der Waals surface area (Å²) in [6.45, 7) is 1.06. The number of carboxylic acids is 1. The van der Waals surface area contributed by atoms with Crippen LogP contribution in [0.3, 0.4) is 0 Å². The van der Waals surface area contributed by atoms with Crippen molar-refractivity contribution >= 4 is 33.9 Å². The molecule has 0 saturated carbocycles. The number of carbonyl (C=O) groups is 1. The first-order chi connectivity index (χ1) is 10.2. The van der Waals surface area contributed by atoms with Gasteiger partial charge < -0.3 is 15.3 Å². The van der Waals surface area contributed by atoms with Crippen LogP contribution in [0.2, 0.25) is 0 Å². The maximum Gasteiger partial charge on any atom is 0.341 e. The summed E-state index contributed by atoms with van der Waals surface area (Å²) < 4.78 is 39.8. The van der Waals surface area contributed by atoms with Crippen LogP contribution in [-0.2, 0) is 4.79 Å². The molecule has 0 aliphatic carbocycles. The number of aliphatic imine (C=N–C) groups is 1. The third-order valence-electron chi connectivity index (χ3n) is 2.57. The molecule has 0 heterocycles. The number of hydrogen-bond donors (Lipinski definition) is 3. The third-order valence-corrected chi connectivity index (χ3v) is 3.29. The topological polar surface area (TPSA) is 90.1 Å². The molecule has 0 fully saturated rings. The van der Waals surface area contributed by atoms with Crippen LogP contribution < -0.4 is 0 Å². The van der Waals surface area contributed by atoms with Gasteiger partial charge >= 0.3 is 5.97 Å². The number of nitrogens with zero attached hydrogens (tertiary/aromatic N) is 1. The number of aliphatic hydroxyl groups excluding tert-OH is 2. The van der Waals surface area contributed by atoms with Crippen LogP contribution >= 0.6 is 15.9 Å². The number of benzene rings is 1. The Labute approximate surface area is 131 Å². The van der Waals surface area contributed by atoms with Crippen molar-refractivity contribution in [1.29, 1.82) is 0 Å². The molecule has 1 atom stereocenters. The minimum absolute atomic E-state index is 0.389. The summed E-state index contributed by atoms with van der Waals surface area (Å²) in [5, 5.41) is 27.6. The Morgan fingerprint density at radius 2 is 1.95 bits per heavy atom. The highest BCUT2D eigenvalue weighted by Crippen LogP contribution is 2.28. The van der Waals surface area contributed by atoms with Gasteiger partial charge in [0.15, 0.2) is 11.6 Å². The Morgan fingerprint density at radius 3 is 2.45 bits per heavy atom. The second kappa shape index (κ2) is 7.41. The maximum atomic E-state index is 13.7. The van der Waals surface area contributed by atoms with Crippen molar-refractivity contribution in [2.75, 3.05) is 6.61 Å². The molecule has 0 unspecified atom stereocenters. The van der Waals surface area contributed by atoms with Crippen LogP contribution in [0.25, 0.3) is 5.76 Å². The first-order valence-corrected chi connectivity index (χ1v) is 6.63. The van der Waals surface area contributed by atoms with Gasteiger partial charge in [-0.05, 0) is 28.9 Å². The molecule has 120 valence electrons. The SMILES string of the molecule is C[C@@H](CO)N=CC(C(=O)O)=C(O)c1cc(F)c(Br)c(F)c1F. The first kappa shape index (κ1) is 18.2. The average Bonchev–Trinajstić information content (AvgIpc) is 2.48. The fourth-order valence-electron chi connectivity index (χ4n) is 1.36. The molecule has 0 saturated heterocycles. The van der Waals surface area contributed by atoms with Crippen molar-refractivity contribution in [2.45, 2.75) is 13.0 Å². The number of aliphatic carboxylic acids is 1. The Balaban J connectivity index is 3.49. The van der Waals surface area contributed by atoms with E-state index in [9.17, 15) is 23.1 Å². The Bertz CT molecular complexity index is 661. The molecule has 1 aromatic rings. The van der Waals surface area contributed by atoms with Gasteiger partial charge in [-0.2, -0.15) is 0 Å². The molecular weight excluding hydrogens is 371 g/mol. The van der Waals surface area contributed by atoms with E-state index >= 15 is 0 Å². The van der Waals surface area contributed by atoms with Crippen molar-refractivity contribution < 1.29 is 33.3 Å². The molecule has 5 nitrogen and oxygen atoms in total. The van der Waals surface area contributed by atoms with E-state index in [2.05, 4.69) is 20.9 Å². The van der Waals surface area contributed by atoms with Gasteiger partial charge in [-0.3, -0.25) is 4.99 Å². The van der Waals surface area contributed by atoms with E-state index < -0.39 is 50.8 Å². The minimum Gasteiger partial charge on any atom is -0.506 e. The summed E-state index contributed by atoms with van der Waals surface area (Å²) in [6.07, 6.45) is 0.676. The number of rotatable bonds is 5. The van der Waals surface area contributed by atoms with Crippen LogP contribution in [0.4, 0.5) is 13.2 Å². The lowest BCUT2D eigenvalue weighted by Gasteiger charge is -2.08. The molecule has 0 amide bonds. The lowest BCUT2D eigenvalue weighted by Crippen LogP contribution is -2.11. The van der Waals surface area contributed by atoms with Gasteiger partial charge in [0.05, 0.1) is 22.7 Å². The first-order valence-electron chi connectivity index (χ1n) is 5.84. The molecule has 0 spiro atoms. The van der Waals surface area contributed by atoms with E-state index in [4.69, 9.17) is 10.2 Å². The van der Waals surface area contributed by atoms with Crippen molar-refractivity contribution in [1.82, 2.24) is 0 Å². The molecular formula is C13H11BrF3NO4. The Hall–Kier alpha value is -1.87. The molecule has 0 aromatic heterocycles. The Kier molecular flexibility index (Phi) is 6.12. The van der Waals surface area contributed by atoms with Gasteiger partial charge in [-0.1, -0.05) is 0 Å². The van der Waals surface area contributed by atoms with E-state index in [0.717, 1.165) is 0 Å². The van der Waals surface area contributed by atoms with Crippen LogP contribution in [0.1, 0.15) is 12.5 Å². The highest BCUT2D eigenvalue weighted by molar-refractivity contribution is 9.10. The third kappa shape index (κ3) is 3.86. The number of hydrogen-bond acceptors (Lipinski definition) is 4. The average molecular weight is 382 g/mol. The van der Waals surface area contributed by atoms with Crippen LogP contribution in [0, 0.1) is 17.5 Å². The lowest BCUT2D eigenvalue weighted by molar-refractivity contribution is -0.132. The maximum absolute atomic E-state index is 13.7. The second-order valence-corrected chi connectivity index (χ2v) is 5.02. The highest BCUT2D eigenvalue weighted by atomic mass is 79.9. The smallest absolute Gasteiger partial charge is 0.341 e. The van der Waals surface area contributed by atoms with Gasteiger partial charge in [-0.15, -0.1) is 0 Å². The van der Waals surface area contributed by atoms with E-state index in [-0.39, 0.29) is 6.61 Å². The van der Waals surface area contributed by atoms with Gasteiger partial charge in [0.2, 0.25) is 0 Å². The number of aliphatic hydroxyl groups is 2. The fraction of sp³-hybridized carbons (Fsp3) is 0.231. The standard InChI is InChI=1S/C13H11BrF3NO4/c1-5(4-19)18-3-7(13(21)22)12(20)6-2-8(15)9(14)11(17)10(6)16/h2-3,5,19-20H,4H2,1H3,(H,21,22)/t5-/m0/s1. The highest BCUT2D eigenvalue weighted by Gasteiger charge is 2.23. The molecule has 1 aromatic carbocycles. The number of halogens is 4. The van der Waals surface area contributed by atoms with Crippen LogP contribution in [-0.4, -0.2) is 40.2 Å². The Morgan fingerprint density at radius 1 is 1.36 bits per heavy atom. The van der Waals surface area contributed by atoms with Gasteiger partial charge in [0.1, 0.15) is 17.1 Å². The second-order valence-electron chi connectivity index (χ2n) is 4.23. The van der Waals surface area contributed by atoms with Gasteiger partial charge in [0, 0.05) is 6.21 Å². The summed E-state index contributed by atoms with van der Waals surface area (Å²) in [7, 11) is 0. The van der Waals surface area contributed by atoms with E-state index in [1.54, 1.807) is 0 Å². The molecule has 9 heteroatoms. The molecule has 1 rings (SSSR count). The van der Waals surface area contributed by atoms with E-state index in [1.807, 2.05) is 0 Å². The zero-order valence-electron chi connectivity index (χ0n) is 11.1.